The summed E-state index contributed by atoms with van der Waals surface area (Å²) < 4.78 is 0. The van der Waals surface area contributed by atoms with Gasteiger partial charge in [0.1, 0.15) is 6.04 Å². The topological polar surface area (TPSA) is 94.1 Å². The molecule has 2 heterocycles. The molecule has 2 aliphatic rings. The van der Waals surface area contributed by atoms with Gasteiger partial charge in [-0.25, -0.2) is 4.99 Å². The van der Waals surface area contributed by atoms with Crippen molar-refractivity contribution in [3.8, 4) is 0 Å². The molecule has 0 aliphatic carbocycles. The fourth-order valence-electron chi connectivity index (χ4n) is 4.52. The number of carbonyl (C=O) groups excluding carboxylic acids is 3. The van der Waals surface area contributed by atoms with E-state index in [1.54, 1.807) is 17.0 Å². The van der Waals surface area contributed by atoms with E-state index in [9.17, 15) is 14.4 Å². The summed E-state index contributed by atoms with van der Waals surface area (Å²) in [5.41, 5.74) is 2.05. The Labute approximate surface area is 227 Å². The van der Waals surface area contributed by atoms with Crippen LogP contribution in [0.1, 0.15) is 48.0 Å². The third-order valence-electron chi connectivity index (χ3n) is 6.52. The molecule has 3 amide bonds. The van der Waals surface area contributed by atoms with Crippen molar-refractivity contribution >= 4 is 52.6 Å². The van der Waals surface area contributed by atoms with Crippen LogP contribution < -0.4 is 10.6 Å². The Bertz CT molecular complexity index is 1200. The predicted octanol–water partition coefficient (Wildman–Crippen LogP) is 4.50. The average molecular weight is 544 g/mol. The predicted molar refractivity (Wildman–Crippen MR) is 146 cm³/mol. The Morgan fingerprint density at radius 3 is 2.49 bits per heavy atom. The monoisotopic (exact) mass is 543 g/mol. The Balaban J connectivity index is 1.56. The largest absolute Gasteiger partial charge is 0.341 e. The molecule has 0 saturated carbocycles. The van der Waals surface area contributed by atoms with Crippen molar-refractivity contribution < 1.29 is 14.4 Å². The molecular weight excluding hydrogens is 513 g/mol. The molecule has 1 atom stereocenters. The molecule has 2 saturated heterocycles. The SMILES string of the molecule is Cc1cccc(NC(=N[C@H]2CCCCN(CC(=O)N3CCCC3)C2=O)NC(=O)c2ccc(Cl)c(Cl)c2)c1. The second-order valence-electron chi connectivity index (χ2n) is 9.41. The molecule has 0 bridgehead atoms. The van der Waals surface area contributed by atoms with Gasteiger partial charge in [0, 0.05) is 30.9 Å². The van der Waals surface area contributed by atoms with E-state index in [0.29, 0.717) is 23.6 Å². The summed E-state index contributed by atoms with van der Waals surface area (Å²) in [5, 5.41) is 6.54. The highest BCUT2D eigenvalue weighted by Gasteiger charge is 2.30. The number of nitrogens with zero attached hydrogens (tertiary/aromatic N) is 3. The van der Waals surface area contributed by atoms with Crippen LogP contribution in [0.25, 0.3) is 0 Å². The molecule has 2 aliphatic heterocycles. The van der Waals surface area contributed by atoms with E-state index >= 15 is 0 Å². The number of rotatable bonds is 5. The van der Waals surface area contributed by atoms with Gasteiger partial charge in [-0.15, -0.1) is 0 Å². The molecule has 0 radical (unpaired) electrons. The van der Waals surface area contributed by atoms with E-state index in [1.807, 2.05) is 36.1 Å². The van der Waals surface area contributed by atoms with Gasteiger partial charge in [0.2, 0.25) is 17.8 Å². The van der Waals surface area contributed by atoms with Gasteiger partial charge in [-0.3, -0.25) is 19.7 Å². The first kappa shape index (κ1) is 26.9. The number of benzene rings is 2. The van der Waals surface area contributed by atoms with Crippen molar-refractivity contribution in [2.45, 2.75) is 45.1 Å². The molecule has 2 aromatic rings. The van der Waals surface area contributed by atoms with Crippen molar-refractivity contribution in [3.63, 3.8) is 0 Å². The van der Waals surface area contributed by atoms with Gasteiger partial charge in [-0.05, 0) is 74.9 Å². The van der Waals surface area contributed by atoms with Crippen LogP contribution in [-0.2, 0) is 9.59 Å². The third-order valence-corrected chi connectivity index (χ3v) is 7.26. The molecule has 0 spiro atoms. The fraction of sp³-hybridized carbons (Fsp3) is 0.407. The lowest BCUT2D eigenvalue weighted by Crippen LogP contribution is -2.45. The zero-order valence-corrected chi connectivity index (χ0v) is 22.3. The minimum atomic E-state index is -0.727. The van der Waals surface area contributed by atoms with Crippen molar-refractivity contribution in [2.75, 3.05) is 31.5 Å². The highest BCUT2D eigenvalue weighted by molar-refractivity contribution is 6.42. The van der Waals surface area contributed by atoms with Crippen LogP contribution >= 0.6 is 23.2 Å². The highest BCUT2D eigenvalue weighted by Crippen LogP contribution is 2.23. The molecule has 8 nitrogen and oxygen atoms in total. The Kier molecular flexibility index (Phi) is 9.05. The third kappa shape index (κ3) is 7.23. The maximum atomic E-state index is 13.5. The summed E-state index contributed by atoms with van der Waals surface area (Å²) in [6.07, 6.45) is 4.10. The lowest BCUT2D eigenvalue weighted by molar-refractivity contribution is -0.140. The smallest absolute Gasteiger partial charge is 0.258 e. The Morgan fingerprint density at radius 1 is 1.00 bits per heavy atom. The number of aliphatic imine (C=N–C) groups is 1. The lowest BCUT2D eigenvalue weighted by Gasteiger charge is -2.25. The van der Waals surface area contributed by atoms with Gasteiger partial charge in [0.25, 0.3) is 5.91 Å². The van der Waals surface area contributed by atoms with Crippen LogP contribution in [0.15, 0.2) is 47.5 Å². The maximum absolute atomic E-state index is 13.5. The number of hydrogen-bond donors (Lipinski definition) is 2. The number of anilines is 1. The number of carbonyl (C=O) groups is 3. The van der Waals surface area contributed by atoms with Crippen LogP contribution in [0.5, 0.6) is 0 Å². The first-order valence-corrected chi connectivity index (χ1v) is 13.3. The number of aryl methyl sites for hydroxylation is 1. The van der Waals surface area contributed by atoms with Crippen LogP contribution in [-0.4, -0.2) is 65.7 Å². The molecule has 37 heavy (non-hydrogen) atoms. The van der Waals surface area contributed by atoms with Crippen LogP contribution in [0, 0.1) is 6.92 Å². The molecule has 4 rings (SSSR count). The summed E-state index contributed by atoms with van der Waals surface area (Å²) in [4.78, 5) is 47.3. The van der Waals surface area contributed by atoms with E-state index in [-0.39, 0.29) is 29.3 Å². The van der Waals surface area contributed by atoms with E-state index in [0.717, 1.165) is 50.0 Å². The number of likely N-dealkylation sites (tertiary alicyclic amines) is 2. The summed E-state index contributed by atoms with van der Waals surface area (Å²) in [6, 6.07) is 11.5. The van der Waals surface area contributed by atoms with E-state index in [2.05, 4.69) is 15.6 Å². The summed E-state index contributed by atoms with van der Waals surface area (Å²) in [6.45, 7) is 4.02. The molecule has 2 aromatic carbocycles. The van der Waals surface area contributed by atoms with E-state index in [4.69, 9.17) is 23.2 Å². The molecule has 2 N–H and O–H groups in total. The minimum Gasteiger partial charge on any atom is -0.341 e. The second kappa shape index (κ2) is 12.4. The normalized spacial score (nSPS) is 18.5. The fourth-order valence-corrected chi connectivity index (χ4v) is 4.82. The first-order valence-electron chi connectivity index (χ1n) is 12.5. The van der Waals surface area contributed by atoms with Gasteiger partial charge < -0.3 is 15.1 Å². The number of hydrogen-bond acceptors (Lipinski definition) is 4. The Hall–Kier alpha value is -3.10. The standard InChI is InChI=1S/C27H31Cl2N5O3/c1-18-7-6-8-20(15-18)30-27(32-25(36)19-10-11-21(28)22(29)16-19)31-23-9-2-3-14-34(26(23)37)17-24(35)33-12-4-5-13-33/h6-8,10-11,15-16,23H,2-5,9,12-14,17H2,1H3,(H2,30,31,32,36)/t23-/m0/s1. The molecule has 0 unspecified atom stereocenters. The molecule has 196 valence electrons. The van der Waals surface area contributed by atoms with Crippen molar-refractivity contribution in [1.29, 1.82) is 0 Å². The average Bonchev–Trinajstić information content (AvgIpc) is 3.36. The Morgan fingerprint density at radius 2 is 1.76 bits per heavy atom. The van der Waals surface area contributed by atoms with Crippen LogP contribution in [0.4, 0.5) is 5.69 Å². The van der Waals surface area contributed by atoms with Gasteiger partial charge in [-0.1, -0.05) is 35.3 Å². The van der Waals surface area contributed by atoms with E-state index in [1.165, 1.54) is 6.07 Å². The summed E-state index contributed by atoms with van der Waals surface area (Å²) in [7, 11) is 0. The number of halogens is 2. The molecule has 2 fully saturated rings. The van der Waals surface area contributed by atoms with Crippen molar-refractivity contribution in [3.05, 3.63) is 63.6 Å². The zero-order chi connectivity index (χ0) is 26.4. The van der Waals surface area contributed by atoms with Gasteiger partial charge in [-0.2, -0.15) is 0 Å². The maximum Gasteiger partial charge on any atom is 0.258 e. The first-order chi connectivity index (χ1) is 17.8. The highest BCUT2D eigenvalue weighted by atomic mass is 35.5. The lowest BCUT2D eigenvalue weighted by atomic mass is 10.1. The van der Waals surface area contributed by atoms with Crippen molar-refractivity contribution in [2.24, 2.45) is 4.99 Å². The second-order valence-corrected chi connectivity index (χ2v) is 10.2. The van der Waals surface area contributed by atoms with Gasteiger partial charge >= 0.3 is 0 Å². The van der Waals surface area contributed by atoms with Crippen LogP contribution in [0.2, 0.25) is 10.0 Å². The van der Waals surface area contributed by atoms with Gasteiger partial charge in [0.05, 0.1) is 16.6 Å². The number of amides is 3. The zero-order valence-electron chi connectivity index (χ0n) is 20.8. The van der Waals surface area contributed by atoms with Crippen LogP contribution in [0.3, 0.4) is 0 Å². The van der Waals surface area contributed by atoms with Gasteiger partial charge in [0.15, 0.2) is 0 Å². The molecule has 0 aromatic heterocycles. The quantitative estimate of drug-likeness (QED) is 0.428. The minimum absolute atomic E-state index is 0.0264. The van der Waals surface area contributed by atoms with Crippen molar-refractivity contribution in [1.82, 2.24) is 15.1 Å². The summed E-state index contributed by atoms with van der Waals surface area (Å²) >= 11 is 12.1. The molecular formula is C27H31Cl2N5O3. The number of guanidine groups is 1. The number of nitrogens with one attached hydrogen (secondary N) is 2. The summed E-state index contributed by atoms with van der Waals surface area (Å²) in [5.74, 6) is -0.536. The molecule has 10 heteroatoms. The van der Waals surface area contributed by atoms with E-state index < -0.39 is 11.9 Å².